The first-order valence-corrected chi connectivity index (χ1v) is 9.63. The maximum absolute atomic E-state index is 13.1. The lowest BCUT2D eigenvalue weighted by atomic mass is 10.1. The molecule has 1 amide bonds. The van der Waals surface area contributed by atoms with E-state index in [1.807, 2.05) is 0 Å². The van der Waals surface area contributed by atoms with Crippen LogP contribution in [0, 0.1) is 5.82 Å². The lowest BCUT2D eigenvalue weighted by molar-refractivity contribution is -0.138. The lowest BCUT2D eigenvalue weighted by Crippen LogP contribution is -2.24. The summed E-state index contributed by atoms with van der Waals surface area (Å²) < 4.78 is 53.9. The number of aromatic amines is 1. The molecule has 0 saturated carbocycles. The average Bonchev–Trinajstić information content (AvgIpc) is 3.07. The van der Waals surface area contributed by atoms with Crippen LogP contribution in [0.15, 0.2) is 71.5 Å². The number of carbonyl (C=O) groups excluding carboxylic acids is 1. The summed E-state index contributed by atoms with van der Waals surface area (Å²) in [5, 5.41) is 2.49. The van der Waals surface area contributed by atoms with Crippen LogP contribution in [0.4, 0.5) is 17.6 Å². The molecule has 5 nitrogen and oxygen atoms in total. The van der Waals surface area contributed by atoms with E-state index in [1.54, 1.807) is 18.2 Å². The van der Waals surface area contributed by atoms with Gasteiger partial charge in [-0.2, -0.15) is 13.2 Å². The van der Waals surface area contributed by atoms with Gasteiger partial charge in [0.1, 0.15) is 5.82 Å². The highest BCUT2D eigenvalue weighted by Crippen LogP contribution is 2.31. The Kier molecular flexibility index (Phi) is 5.56. The summed E-state index contributed by atoms with van der Waals surface area (Å²) in [4.78, 5) is 27.5. The monoisotopic (exact) mass is 443 g/mol. The van der Waals surface area contributed by atoms with Crippen molar-refractivity contribution < 1.29 is 22.4 Å². The molecule has 0 aliphatic heterocycles. The molecule has 0 radical (unpaired) electrons. The summed E-state index contributed by atoms with van der Waals surface area (Å²) in [6.45, 7) is -0.0897. The number of carbonyl (C=O) groups is 1. The van der Waals surface area contributed by atoms with Crippen molar-refractivity contribution >= 4 is 16.9 Å². The molecule has 9 heteroatoms. The fourth-order valence-electron chi connectivity index (χ4n) is 3.46. The summed E-state index contributed by atoms with van der Waals surface area (Å²) >= 11 is 0. The zero-order valence-electron chi connectivity index (χ0n) is 16.5. The van der Waals surface area contributed by atoms with Crippen LogP contribution in [-0.4, -0.2) is 15.5 Å². The van der Waals surface area contributed by atoms with E-state index in [-0.39, 0.29) is 30.0 Å². The fourth-order valence-corrected chi connectivity index (χ4v) is 3.46. The first kappa shape index (κ1) is 21.4. The third kappa shape index (κ3) is 4.41. The van der Waals surface area contributed by atoms with E-state index in [4.69, 9.17) is 0 Å². The minimum Gasteiger partial charge on any atom is -0.348 e. The zero-order valence-corrected chi connectivity index (χ0v) is 16.5. The number of amides is 1. The molecule has 4 rings (SSSR count). The predicted molar refractivity (Wildman–Crippen MR) is 111 cm³/mol. The van der Waals surface area contributed by atoms with Crippen LogP contribution in [0.2, 0.25) is 0 Å². The number of benzene rings is 3. The van der Waals surface area contributed by atoms with Crippen molar-refractivity contribution in [1.29, 1.82) is 0 Å². The number of nitrogens with zero attached hydrogens (tertiary/aromatic N) is 1. The molecule has 3 aromatic carbocycles. The standard InChI is InChI=1S/C23H17F4N3O2/c24-17-8-5-14(6-9-17)13-30-20-10-7-15(11-19(20)29-22(30)32)21(31)28-12-16-3-1-2-4-18(16)23(25,26)27/h1-11H,12-13H2,(H,28,31)(H,29,32). The van der Waals surface area contributed by atoms with Gasteiger partial charge in [0.2, 0.25) is 0 Å². The van der Waals surface area contributed by atoms with Crippen LogP contribution >= 0.6 is 0 Å². The van der Waals surface area contributed by atoms with Crippen molar-refractivity contribution in [3.05, 3.63) is 105 Å². The Bertz CT molecular complexity index is 1340. The molecule has 32 heavy (non-hydrogen) atoms. The van der Waals surface area contributed by atoms with Crippen molar-refractivity contribution in [3.63, 3.8) is 0 Å². The lowest BCUT2D eigenvalue weighted by Gasteiger charge is -2.13. The van der Waals surface area contributed by atoms with Gasteiger partial charge in [0.05, 0.1) is 23.1 Å². The minimum absolute atomic E-state index is 0.0479. The topological polar surface area (TPSA) is 66.9 Å². The van der Waals surface area contributed by atoms with Crippen molar-refractivity contribution in [1.82, 2.24) is 14.9 Å². The van der Waals surface area contributed by atoms with E-state index in [1.165, 1.54) is 47.0 Å². The summed E-state index contributed by atoms with van der Waals surface area (Å²) in [6, 6.07) is 15.3. The molecule has 0 spiro atoms. The molecular formula is C23H17F4N3O2. The van der Waals surface area contributed by atoms with Gasteiger partial charge in [-0.15, -0.1) is 0 Å². The number of hydrogen-bond acceptors (Lipinski definition) is 2. The molecule has 0 unspecified atom stereocenters. The molecule has 0 bridgehead atoms. The van der Waals surface area contributed by atoms with Crippen LogP contribution in [0.3, 0.4) is 0 Å². The molecule has 0 aliphatic rings. The van der Waals surface area contributed by atoms with Gasteiger partial charge in [0.25, 0.3) is 5.91 Å². The van der Waals surface area contributed by atoms with Gasteiger partial charge in [0, 0.05) is 12.1 Å². The normalized spacial score (nSPS) is 11.6. The molecule has 0 aliphatic carbocycles. The highest BCUT2D eigenvalue weighted by molar-refractivity contribution is 5.97. The molecule has 0 fully saturated rings. The first-order chi connectivity index (χ1) is 15.2. The van der Waals surface area contributed by atoms with E-state index in [9.17, 15) is 27.2 Å². The van der Waals surface area contributed by atoms with Crippen LogP contribution in [-0.2, 0) is 19.3 Å². The maximum Gasteiger partial charge on any atom is 0.416 e. The number of aromatic nitrogens is 2. The second kappa shape index (κ2) is 8.33. The van der Waals surface area contributed by atoms with Gasteiger partial charge in [-0.3, -0.25) is 9.36 Å². The minimum atomic E-state index is -4.52. The maximum atomic E-state index is 13.1. The van der Waals surface area contributed by atoms with Gasteiger partial charge in [-0.25, -0.2) is 9.18 Å². The quantitative estimate of drug-likeness (QED) is 0.447. The number of imidazole rings is 1. The number of H-pyrrole nitrogens is 1. The van der Waals surface area contributed by atoms with E-state index < -0.39 is 23.3 Å². The van der Waals surface area contributed by atoms with E-state index in [0.29, 0.717) is 11.0 Å². The molecule has 1 aromatic heterocycles. The Balaban J connectivity index is 1.54. The third-order valence-electron chi connectivity index (χ3n) is 5.05. The van der Waals surface area contributed by atoms with Crippen molar-refractivity contribution in [2.24, 2.45) is 0 Å². The van der Waals surface area contributed by atoms with E-state index >= 15 is 0 Å². The number of hydrogen-bond donors (Lipinski definition) is 2. The highest BCUT2D eigenvalue weighted by Gasteiger charge is 2.32. The fraction of sp³-hybridized carbons (Fsp3) is 0.130. The largest absolute Gasteiger partial charge is 0.416 e. The summed E-state index contributed by atoms with van der Waals surface area (Å²) in [7, 11) is 0. The van der Waals surface area contributed by atoms with Gasteiger partial charge in [-0.1, -0.05) is 30.3 Å². The number of fused-ring (bicyclic) bond motifs is 1. The number of rotatable bonds is 5. The SMILES string of the molecule is O=C(NCc1ccccc1C(F)(F)F)c1ccc2c(c1)[nH]c(=O)n2Cc1ccc(F)cc1. The Morgan fingerprint density at radius 1 is 1.00 bits per heavy atom. The van der Waals surface area contributed by atoms with Crippen LogP contribution in [0.5, 0.6) is 0 Å². The highest BCUT2D eigenvalue weighted by atomic mass is 19.4. The Hall–Kier alpha value is -3.88. The summed E-state index contributed by atoms with van der Waals surface area (Å²) in [5.74, 6) is -0.954. The molecule has 4 aromatic rings. The van der Waals surface area contributed by atoms with Gasteiger partial charge in [0.15, 0.2) is 0 Å². The third-order valence-corrected chi connectivity index (χ3v) is 5.05. The number of halogens is 4. The summed E-state index contributed by atoms with van der Waals surface area (Å²) in [5.41, 5.74) is 0.600. The molecule has 0 saturated heterocycles. The first-order valence-electron chi connectivity index (χ1n) is 9.63. The number of nitrogens with one attached hydrogen (secondary N) is 2. The van der Waals surface area contributed by atoms with Crippen molar-refractivity contribution in [2.45, 2.75) is 19.3 Å². The van der Waals surface area contributed by atoms with Crippen molar-refractivity contribution in [2.75, 3.05) is 0 Å². The predicted octanol–water partition coefficient (Wildman–Crippen LogP) is 4.47. The Morgan fingerprint density at radius 3 is 2.44 bits per heavy atom. The van der Waals surface area contributed by atoms with Gasteiger partial charge < -0.3 is 10.3 Å². The molecule has 164 valence electrons. The molecule has 2 N–H and O–H groups in total. The number of alkyl halides is 3. The molecular weight excluding hydrogens is 426 g/mol. The second-order valence-electron chi connectivity index (χ2n) is 7.21. The van der Waals surface area contributed by atoms with Crippen molar-refractivity contribution in [3.8, 4) is 0 Å². The molecule has 0 atom stereocenters. The van der Waals surface area contributed by atoms with Crippen LogP contribution < -0.4 is 11.0 Å². The Morgan fingerprint density at radius 2 is 1.72 bits per heavy atom. The van der Waals surface area contributed by atoms with E-state index in [2.05, 4.69) is 10.3 Å². The van der Waals surface area contributed by atoms with E-state index in [0.717, 1.165) is 11.6 Å². The van der Waals surface area contributed by atoms with Crippen LogP contribution in [0.25, 0.3) is 11.0 Å². The van der Waals surface area contributed by atoms with Gasteiger partial charge in [-0.05, 0) is 47.5 Å². The smallest absolute Gasteiger partial charge is 0.348 e. The Labute approximate surface area is 179 Å². The average molecular weight is 443 g/mol. The molecule has 1 heterocycles. The zero-order chi connectivity index (χ0) is 22.9. The summed E-state index contributed by atoms with van der Waals surface area (Å²) in [6.07, 6.45) is -4.52. The second-order valence-corrected chi connectivity index (χ2v) is 7.21. The van der Waals surface area contributed by atoms with Gasteiger partial charge >= 0.3 is 11.9 Å². The van der Waals surface area contributed by atoms with Crippen LogP contribution in [0.1, 0.15) is 27.0 Å².